The topological polar surface area (TPSA) is 237 Å². The molecule has 0 spiro atoms. The molecule has 0 radical (unpaired) electrons. The number of ether oxygens (including phenoxy) is 4. The lowest BCUT2D eigenvalue weighted by Gasteiger charge is -2.21. The molecule has 0 aliphatic heterocycles. The molecule has 0 aromatic heterocycles. The molecule has 17 nitrogen and oxygen atoms in total. The SMILES string of the molecule is CC/C=C\C/C=C\C/C=C\CCCCCCCCCC(=O)OCC(COP(=O)(O)OCC(O)COP(=O)(O)OCC(COC(=O)CCCCCCC/C=C\C/C=C\C/C=C\CC)OC(=O)CCCCCCC/C=C\C/C=C\CCC)OC(=O)CCCCCCC/C=C\CCCCCCCC. The summed E-state index contributed by atoms with van der Waals surface area (Å²) in [6.07, 6.45) is 77.8. The molecule has 0 aliphatic carbocycles. The molecule has 0 bridgehead atoms. The first kappa shape index (κ1) is 95.7. The Labute approximate surface area is 607 Å². The van der Waals surface area contributed by atoms with Gasteiger partial charge in [0.05, 0.1) is 26.4 Å². The number of hydrogen-bond donors (Lipinski definition) is 3. The quantitative estimate of drug-likeness (QED) is 0.0169. The van der Waals surface area contributed by atoms with Crippen molar-refractivity contribution in [1.29, 1.82) is 0 Å². The zero-order valence-corrected chi connectivity index (χ0v) is 64.6. The summed E-state index contributed by atoms with van der Waals surface area (Å²) in [7, 11) is -9.96. The standard InChI is InChI=1S/C81H140O17P2/c1-5-9-13-17-21-25-29-33-36-37-40-43-46-50-54-58-62-66-79(84)92-72-77(98-81(86)68-64-60-56-52-48-44-39-35-31-27-23-19-15-11-7-3)74-96-100(89,90)94-70-75(82)69-93-99(87,88)95-73-76(97-80(85)67-63-59-55-51-47-41-32-28-24-20-16-12-8-4)71-91-78(83)65-61-57-53-49-45-42-38-34-30-26-22-18-14-10-6-2/h9-10,13-14,16,20-22,25-26,28,32-36,38-39,75-77,82H,5-8,11-12,15,17-19,23-24,27,29-31,37,40-74H2,1-4H3,(H,87,88)(H,89,90)/b13-9-,14-10-,20-16-,25-21-,26-22-,32-28-,36-33-,38-34-,39-35-. The lowest BCUT2D eigenvalue weighted by atomic mass is 10.1. The van der Waals surface area contributed by atoms with Crippen LogP contribution in [0.15, 0.2) is 109 Å². The highest BCUT2D eigenvalue weighted by Gasteiger charge is 2.30. The third-order valence-corrected chi connectivity index (χ3v) is 18.1. The highest BCUT2D eigenvalue weighted by Crippen LogP contribution is 2.45. The molecule has 0 fully saturated rings. The maximum absolute atomic E-state index is 13.1. The molecule has 19 heteroatoms. The van der Waals surface area contributed by atoms with Crippen molar-refractivity contribution in [2.45, 2.75) is 341 Å². The molecule has 0 aliphatic rings. The van der Waals surface area contributed by atoms with Gasteiger partial charge in [0, 0.05) is 25.7 Å². The molecule has 5 atom stereocenters. The number of phosphoric ester groups is 2. The van der Waals surface area contributed by atoms with Gasteiger partial charge in [-0.3, -0.25) is 37.3 Å². The van der Waals surface area contributed by atoms with Gasteiger partial charge in [0.1, 0.15) is 19.3 Å². The molecule has 3 N–H and O–H groups in total. The summed E-state index contributed by atoms with van der Waals surface area (Å²) in [5.74, 6) is -2.22. The van der Waals surface area contributed by atoms with E-state index in [-0.39, 0.29) is 25.7 Å². The van der Waals surface area contributed by atoms with Crippen LogP contribution in [0.5, 0.6) is 0 Å². The van der Waals surface area contributed by atoms with E-state index in [1.54, 1.807) is 0 Å². The Balaban J connectivity index is 5.37. The Kier molecular flexibility index (Phi) is 69.9. The number of carbonyl (C=O) groups is 4. The van der Waals surface area contributed by atoms with E-state index >= 15 is 0 Å². The van der Waals surface area contributed by atoms with E-state index in [0.717, 1.165) is 205 Å². The minimum Gasteiger partial charge on any atom is -0.462 e. The van der Waals surface area contributed by atoms with Crippen LogP contribution in [0.4, 0.5) is 0 Å². The summed E-state index contributed by atoms with van der Waals surface area (Å²) >= 11 is 0. The van der Waals surface area contributed by atoms with Crippen LogP contribution in [0.1, 0.15) is 323 Å². The van der Waals surface area contributed by atoms with Crippen molar-refractivity contribution in [2.75, 3.05) is 39.6 Å². The number of rotatable bonds is 73. The van der Waals surface area contributed by atoms with Crippen LogP contribution in [0, 0.1) is 0 Å². The van der Waals surface area contributed by atoms with E-state index in [4.69, 9.17) is 37.0 Å². The van der Waals surface area contributed by atoms with E-state index < -0.39 is 97.5 Å². The van der Waals surface area contributed by atoms with Gasteiger partial charge < -0.3 is 33.8 Å². The van der Waals surface area contributed by atoms with Gasteiger partial charge >= 0.3 is 39.5 Å². The van der Waals surface area contributed by atoms with Crippen molar-refractivity contribution in [3.8, 4) is 0 Å². The van der Waals surface area contributed by atoms with E-state index in [1.807, 2.05) is 0 Å². The fraction of sp³-hybridized carbons (Fsp3) is 0.728. The summed E-state index contributed by atoms with van der Waals surface area (Å²) in [5.41, 5.74) is 0. The van der Waals surface area contributed by atoms with Crippen molar-refractivity contribution in [1.82, 2.24) is 0 Å². The molecule has 0 saturated heterocycles. The highest BCUT2D eigenvalue weighted by molar-refractivity contribution is 7.47. The van der Waals surface area contributed by atoms with Gasteiger partial charge in [-0.05, 0) is 141 Å². The smallest absolute Gasteiger partial charge is 0.462 e. The first-order valence-electron chi connectivity index (χ1n) is 39.1. The molecule has 0 aromatic carbocycles. The Morgan fingerprint density at radius 2 is 0.540 bits per heavy atom. The first-order valence-corrected chi connectivity index (χ1v) is 42.1. The lowest BCUT2D eigenvalue weighted by molar-refractivity contribution is -0.161. The van der Waals surface area contributed by atoms with E-state index in [2.05, 4.69) is 137 Å². The summed E-state index contributed by atoms with van der Waals surface area (Å²) in [4.78, 5) is 72.9. The predicted molar refractivity (Wildman–Crippen MR) is 408 cm³/mol. The van der Waals surface area contributed by atoms with Gasteiger partial charge in [0.25, 0.3) is 0 Å². The number of phosphoric acid groups is 2. The number of allylic oxidation sites excluding steroid dienone is 18. The monoisotopic (exact) mass is 1450 g/mol. The van der Waals surface area contributed by atoms with Gasteiger partial charge in [0.15, 0.2) is 12.2 Å². The van der Waals surface area contributed by atoms with Gasteiger partial charge in [-0.1, -0.05) is 265 Å². The molecule has 0 heterocycles. The maximum Gasteiger partial charge on any atom is 0.472 e. The molecule has 0 amide bonds. The van der Waals surface area contributed by atoms with Gasteiger partial charge in [0.2, 0.25) is 0 Å². The maximum atomic E-state index is 13.1. The Hall–Kier alpha value is -4.28. The average molecular weight is 1450 g/mol. The van der Waals surface area contributed by atoms with Gasteiger partial charge in [-0.2, -0.15) is 0 Å². The second-order valence-electron chi connectivity index (χ2n) is 25.9. The summed E-state index contributed by atoms with van der Waals surface area (Å²) in [5, 5.41) is 10.6. The average Bonchev–Trinajstić information content (AvgIpc) is 1.06. The van der Waals surface area contributed by atoms with Crippen molar-refractivity contribution in [3.63, 3.8) is 0 Å². The van der Waals surface area contributed by atoms with Crippen molar-refractivity contribution in [3.05, 3.63) is 109 Å². The van der Waals surface area contributed by atoms with E-state index in [9.17, 15) is 43.2 Å². The molecule has 100 heavy (non-hydrogen) atoms. The minimum atomic E-state index is -4.98. The number of carbonyl (C=O) groups excluding carboxylic acids is 4. The molecule has 5 unspecified atom stereocenters. The lowest BCUT2D eigenvalue weighted by Crippen LogP contribution is -2.30. The van der Waals surface area contributed by atoms with E-state index in [0.29, 0.717) is 25.7 Å². The summed E-state index contributed by atoms with van der Waals surface area (Å²) in [6, 6.07) is 0. The number of unbranched alkanes of at least 4 members (excludes halogenated alkanes) is 29. The predicted octanol–water partition coefficient (Wildman–Crippen LogP) is 22.6. The summed E-state index contributed by atoms with van der Waals surface area (Å²) in [6.45, 7) is 4.55. The zero-order chi connectivity index (χ0) is 73.2. The van der Waals surface area contributed by atoms with Crippen LogP contribution < -0.4 is 0 Å². The molecular formula is C81H140O17P2. The third-order valence-electron chi connectivity index (χ3n) is 16.2. The Bertz CT molecular complexity index is 2320. The number of esters is 4. The number of aliphatic hydroxyl groups excluding tert-OH is 1. The third kappa shape index (κ3) is 72.1. The molecule has 0 aromatic rings. The normalized spacial score (nSPS) is 14.5. The second-order valence-corrected chi connectivity index (χ2v) is 28.8. The molecule has 0 saturated carbocycles. The van der Waals surface area contributed by atoms with E-state index in [1.165, 1.54) is 38.5 Å². The van der Waals surface area contributed by atoms with Crippen LogP contribution in [-0.2, 0) is 65.4 Å². The van der Waals surface area contributed by atoms with Gasteiger partial charge in [-0.25, -0.2) is 9.13 Å². The van der Waals surface area contributed by atoms with Crippen LogP contribution in [0.25, 0.3) is 0 Å². The Morgan fingerprint density at radius 3 is 0.850 bits per heavy atom. The highest BCUT2D eigenvalue weighted by atomic mass is 31.2. The minimum absolute atomic E-state index is 0.0737. The number of aliphatic hydroxyl groups is 1. The van der Waals surface area contributed by atoms with Crippen molar-refractivity contribution < 1.29 is 80.2 Å². The van der Waals surface area contributed by atoms with Gasteiger partial charge in [-0.15, -0.1) is 0 Å². The Morgan fingerprint density at radius 1 is 0.290 bits per heavy atom. The summed E-state index contributed by atoms with van der Waals surface area (Å²) < 4.78 is 68.5. The van der Waals surface area contributed by atoms with Crippen molar-refractivity contribution >= 4 is 39.5 Å². The van der Waals surface area contributed by atoms with Crippen LogP contribution in [-0.4, -0.2) is 96.7 Å². The number of hydrogen-bond acceptors (Lipinski definition) is 15. The second kappa shape index (κ2) is 73.0. The fourth-order valence-corrected chi connectivity index (χ4v) is 11.9. The first-order chi connectivity index (χ1) is 48.7. The largest absolute Gasteiger partial charge is 0.472 e. The molecular weight excluding hydrogens is 1310 g/mol. The fourth-order valence-electron chi connectivity index (χ4n) is 10.3. The van der Waals surface area contributed by atoms with Crippen LogP contribution in [0.2, 0.25) is 0 Å². The molecule has 0 rings (SSSR count). The molecule has 576 valence electrons. The van der Waals surface area contributed by atoms with Crippen LogP contribution >= 0.6 is 15.6 Å². The zero-order valence-electron chi connectivity index (χ0n) is 62.8. The van der Waals surface area contributed by atoms with Crippen molar-refractivity contribution in [2.24, 2.45) is 0 Å². The van der Waals surface area contributed by atoms with Crippen LogP contribution in [0.3, 0.4) is 0 Å².